The fourth-order valence-electron chi connectivity index (χ4n) is 5.06. The molecule has 4 atom stereocenters. The van der Waals surface area contributed by atoms with E-state index in [9.17, 15) is 4.79 Å². The van der Waals surface area contributed by atoms with Crippen molar-refractivity contribution in [1.82, 2.24) is 0 Å². The number of ether oxygens (including phenoxy) is 2. The Kier molecular flexibility index (Phi) is 2.11. The second kappa shape index (κ2) is 3.78. The molecule has 0 saturated heterocycles. The summed E-state index contributed by atoms with van der Waals surface area (Å²) in [6.07, 6.45) is 4.10. The molecule has 3 fully saturated rings. The molecule has 1 heterocycles. The van der Waals surface area contributed by atoms with Crippen molar-refractivity contribution >= 4 is 5.78 Å². The smallest absolute Gasteiger partial charge is 0.166 e. The number of hydrogen-bond acceptors (Lipinski definition) is 3. The highest BCUT2D eigenvalue weighted by Crippen LogP contribution is 2.70. The fourth-order valence-corrected chi connectivity index (χ4v) is 5.06. The van der Waals surface area contributed by atoms with E-state index in [1.807, 2.05) is 18.2 Å². The van der Waals surface area contributed by atoms with Gasteiger partial charge in [0.15, 0.2) is 17.3 Å². The topological polar surface area (TPSA) is 35.5 Å². The fraction of sp³-hybridized carbons (Fsp3) is 0.588. The van der Waals surface area contributed by atoms with Crippen molar-refractivity contribution in [1.29, 1.82) is 0 Å². The number of benzene rings is 1. The minimum atomic E-state index is 0.309. The molecule has 1 aromatic carbocycles. The lowest BCUT2D eigenvalue weighted by atomic mass is 9.96. The molecule has 3 nitrogen and oxygen atoms in total. The summed E-state index contributed by atoms with van der Waals surface area (Å²) in [5, 5.41) is 0. The lowest BCUT2D eigenvalue weighted by Crippen LogP contribution is -2.16. The standard InChI is InChI=1S/C17H18O3/c18-17(16-14-9-1-2-10(7-9)15(14)16)11-3-4-12-13(8-11)20-6-5-19-12/h3-4,8-10,14-16H,1-2,5-7H2. The van der Waals surface area contributed by atoms with Crippen LogP contribution in [0.3, 0.4) is 0 Å². The Balaban J connectivity index is 1.42. The van der Waals surface area contributed by atoms with Crippen molar-refractivity contribution in [3.8, 4) is 11.5 Å². The number of ketones is 1. The second-order valence-electron chi connectivity index (χ2n) is 6.74. The molecule has 3 heteroatoms. The molecule has 2 bridgehead atoms. The Bertz CT molecular complexity index is 578. The third kappa shape index (κ3) is 1.38. The van der Waals surface area contributed by atoms with Crippen LogP contribution in [0, 0.1) is 29.6 Å². The summed E-state index contributed by atoms with van der Waals surface area (Å²) in [6, 6.07) is 5.67. The summed E-state index contributed by atoms with van der Waals surface area (Å²) < 4.78 is 11.1. The van der Waals surface area contributed by atoms with E-state index in [-0.39, 0.29) is 0 Å². The van der Waals surface area contributed by atoms with Gasteiger partial charge in [0.25, 0.3) is 0 Å². The van der Waals surface area contributed by atoms with Gasteiger partial charge >= 0.3 is 0 Å². The lowest BCUT2D eigenvalue weighted by molar-refractivity contribution is 0.0943. The summed E-state index contributed by atoms with van der Waals surface area (Å²) in [6.45, 7) is 1.17. The zero-order valence-corrected chi connectivity index (χ0v) is 11.4. The van der Waals surface area contributed by atoms with E-state index in [0.717, 1.165) is 28.9 Å². The van der Waals surface area contributed by atoms with Crippen LogP contribution in [0.5, 0.6) is 11.5 Å². The van der Waals surface area contributed by atoms with Gasteiger partial charge in [-0.25, -0.2) is 0 Å². The SMILES string of the molecule is O=C(c1ccc2c(c1)OCCO2)C1C2C3CCC(C3)C12. The molecular weight excluding hydrogens is 252 g/mol. The Morgan fingerprint density at radius 1 is 1.00 bits per heavy atom. The lowest BCUT2D eigenvalue weighted by Gasteiger charge is -2.18. The molecule has 3 saturated carbocycles. The minimum Gasteiger partial charge on any atom is -0.486 e. The van der Waals surface area contributed by atoms with Crippen LogP contribution in [-0.4, -0.2) is 19.0 Å². The van der Waals surface area contributed by atoms with E-state index in [0.29, 0.717) is 36.8 Å². The summed E-state index contributed by atoms with van der Waals surface area (Å²) in [5.41, 5.74) is 0.813. The minimum absolute atomic E-state index is 0.309. The van der Waals surface area contributed by atoms with E-state index in [1.165, 1.54) is 19.3 Å². The van der Waals surface area contributed by atoms with Gasteiger partial charge in [0.05, 0.1) is 0 Å². The van der Waals surface area contributed by atoms with Gasteiger partial charge in [0, 0.05) is 11.5 Å². The van der Waals surface area contributed by atoms with Crippen molar-refractivity contribution in [2.45, 2.75) is 19.3 Å². The van der Waals surface area contributed by atoms with Crippen molar-refractivity contribution in [3.63, 3.8) is 0 Å². The van der Waals surface area contributed by atoms with Gasteiger partial charge in [-0.05, 0) is 61.1 Å². The first-order chi connectivity index (χ1) is 9.83. The highest BCUT2D eigenvalue weighted by molar-refractivity contribution is 6.00. The van der Waals surface area contributed by atoms with Gasteiger partial charge in [-0.2, -0.15) is 0 Å². The Labute approximate surface area is 118 Å². The van der Waals surface area contributed by atoms with Crippen molar-refractivity contribution in [2.24, 2.45) is 29.6 Å². The molecule has 1 aromatic rings. The van der Waals surface area contributed by atoms with E-state index in [4.69, 9.17) is 9.47 Å². The molecule has 4 unspecified atom stereocenters. The van der Waals surface area contributed by atoms with Crippen LogP contribution >= 0.6 is 0 Å². The summed E-state index contributed by atoms with van der Waals surface area (Å²) in [5.74, 6) is 5.24. The number of fused-ring (bicyclic) bond motifs is 6. The van der Waals surface area contributed by atoms with Gasteiger partial charge < -0.3 is 9.47 Å². The highest BCUT2D eigenvalue weighted by atomic mass is 16.6. The first kappa shape index (κ1) is 11.2. The molecule has 0 spiro atoms. The Hall–Kier alpha value is -1.51. The van der Waals surface area contributed by atoms with Crippen LogP contribution in [0.2, 0.25) is 0 Å². The molecular formula is C17H18O3. The molecule has 0 radical (unpaired) electrons. The van der Waals surface area contributed by atoms with Gasteiger partial charge in [-0.1, -0.05) is 0 Å². The second-order valence-corrected chi connectivity index (χ2v) is 6.74. The molecule has 3 aliphatic carbocycles. The molecule has 0 amide bonds. The largest absolute Gasteiger partial charge is 0.486 e. The summed E-state index contributed by atoms with van der Waals surface area (Å²) in [7, 11) is 0. The zero-order valence-electron chi connectivity index (χ0n) is 11.4. The first-order valence-corrected chi connectivity index (χ1v) is 7.77. The average molecular weight is 270 g/mol. The van der Waals surface area contributed by atoms with E-state index >= 15 is 0 Å². The van der Waals surface area contributed by atoms with Gasteiger partial charge in [-0.15, -0.1) is 0 Å². The monoisotopic (exact) mass is 270 g/mol. The normalized spacial score (nSPS) is 39.5. The predicted octanol–water partition coefficient (Wildman–Crippen LogP) is 2.93. The average Bonchev–Trinajstić information content (AvgIpc) is 2.93. The molecule has 104 valence electrons. The van der Waals surface area contributed by atoms with Crippen molar-refractivity contribution in [2.75, 3.05) is 13.2 Å². The molecule has 20 heavy (non-hydrogen) atoms. The zero-order chi connectivity index (χ0) is 13.3. The maximum atomic E-state index is 12.7. The Morgan fingerprint density at radius 2 is 1.70 bits per heavy atom. The third-order valence-corrected chi connectivity index (χ3v) is 5.86. The van der Waals surface area contributed by atoms with Crippen LogP contribution in [0.1, 0.15) is 29.6 Å². The Morgan fingerprint density at radius 3 is 2.45 bits per heavy atom. The molecule has 0 aromatic heterocycles. The van der Waals surface area contributed by atoms with Gasteiger partial charge in [0.1, 0.15) is 13.2 Å². The third-order valence-electron chi connectivity index (χ3n) is 5.86. The van der Waals surface area contributed by atoms with Crippen molar-refractivity contribution < 1.29 is 14.3 Å². The van der Waals surface area contributed by atoms with E-state index < -0.39 is 0 Å². The summed E-state index contributed by atoms with van der Waals surface area (Å²) >= 11 is 0. The van der Waals surface area contributed by atoms with Gasteiger partial charge in [0.2, 0.25) is 0 Å². The number of rotatable bonds is 2. The van der Waals surface area contributed by atoms with Crippen molar-refractivity contribution in [3.05, 3.63) is 23.8 Å². The number of Topliss-reactive ketones (excluding diaryl/α,β-unsaturated/α-hetero) is 1. The quantitative estimate of drug-likeness (QED) is 0.775. The molecule has 4 aliphatic rings. The van der Waals surface area contributed by atoms with Crippen LogP contribution < -0.4 is 9.47 Å². The molecule has 1 aliphatic heterocycles. The van der Waals surface area contributed by atoms with E-state index in [2.05, 4.69) is 0 Å². The first-order valence-electron chi connectivity index (χ1n) is 7.77. The molecule has 5 rings (SSSR count). The van der Waals surface area contributed by atoms with Crippen LogP contribution in [-0.2, 0) is 0 Å². The predicted molar refractivity (Wildman–Crippen MR) is 73.1 cm³/mol. The van der Waals surface area contributed by atoms with Crippen LogP contribution in [0.25, 0.3) is 0 Å². The maximum Gasteiger partial charge on any atom is 0.166 e. The number of carbonyl (C=O) groups is 1. The summed E-state index contributed by atoms with van der Waals surface area (Å²) in [4.78, 5) is 12.7. The molecule has 0 N–H and O–H groups in total. The van der Waals surface area contributed by atoms with Gasteiger partial charge in [-0.3, -0.25) is 4.79 Å². The van der Waals surface area contributed by atoms with Crippen LogP contribution in [0.4, 0.5) is 0 Å². The number of hydrogen-bond donors (Lipinski definition) is 0. The number of carbonyl (C=O) groups excluding carboxylic acids is 1. The van der Waals surface area contributed by atoms with Crippen LogP contribution in [0.15, 0.2) is 18.2 Å². The van der Waals surface area contributed by atoms with E-state index in [1.54, 1.807) is 0 Å². The highest BCUT2D eigenvalue weighted by Gasteiger charge is 2.67. The maximum absolute atomic E-state index is 12.7.